The fraction of sp³-hybridized carbons (Fsp3) is 0.158. The molecule has 0 unspecified atom stereocenters. The Hall–Kier alpha value is -2.35. The largest absolute Gasteiger partial charge is 0.435 e. The van der Waals surface area contributed by atoms with Gasteiger partial charge in [0, 0.05) is 15.5 Å². The number of thioether (sulfide) groups is 1. The number of alkyl halides is 6. The van der Waals surface area contributed by atoms with Crippen LogP contribution in [0.4, 0.5) is 26.3 Å². The van der Waals surface area contributed by atoms with E-state index in [1.54, 1.807) is 6.07 Å². The first-order valence-corrected chi connectivity index (χ1v) is 10.00. The van der Waals surface area contributed by atoms with Crippen molar-refractivity contribution in [1.82, 2.24) is 9.78 Å². The minimum absolute atomic E-state index is 0.0316. The first-order valence-electron chi connectivity index (χ1n) is 8.26. The molecule has 0 atom stereocenters. The lowest BCUT2D eigenvalue weighted by atomic mass is 10.1. The van der Waals surface area contributed by atoms with Crippen molar-refractivity contribution >= 4 is 35.0 Å². The number of rotatable bonds is 4. The fourth-order valence-electron chi connectivity index (χ4n) is 2.61. The summed E-state index contributed by atoms with van der Waals surface area (Å²) in [7, 11) is 0. The first-order chi connectivity index (χ1) is 14.4. The van der Waals surface area contributed by atoms with Crippen molar-refractivity contribution in [3.8, 4) is 23.0 Å². The number of nitriles is 1. The smallest absolute Gasteiger partial charge is 0.231 e. The Kier molecular flexibility index (Phi) is 6.51. The average Bonchev–Trinajstić information content (AvgIpc) is 3.13. The molecule has 0 aliphatic carbocycles. The van der Waals surface area contributed by atoms with Gasteiger partial charge in [-0.3, -0.25) is 0 Å². The second-order valence-electron chi connectivity index (χ2n) is 6.15. The predicted molar refractivity (Wildman–Crippen MR) is 106 cm³/mol. The Balaban J connectivity index is 2.19. The number of nitrogens with zero attached hydrogens (tertiary/aromatic N) is 3. The summed E-state index contributed by atoms with van der Waals surface area (Å²) in [5.41, 5.74) is -1.20. The molecule has 0 aliphatic rings. The van der Waals surface area contributed by atoms with E-state index < -0.39 is 23.8 Å². The van der Waals surface area contributed by atoms with E-state index in [-0.39, 0.29) is 37.4 Å². The molecule has 162 valence electrons. The number of hydrogen-bond donors (Lipinski definition) is 0. The minimum atomic E-state index is -4.79. The monoisotopic (exact) mass is 495 g/mol. The molecule has 0 N–H and O–H groups in total. The van der Waals surface area contributed by atoms with E-state index in [0.717, 1.165) is 10.7 Å². The van der Waals surface area contributed by atoms with Gasteiger partial charge < -0.3 is 0 Å². The molecule has 3 nitrogen and oxygen atoms in total. The predicted octanol–water partition coefficient (Wildman–Crippen LogP) is 7.39. The second-order valence-corrected chi connectivity index (χ2v) is 8.01. The molecule has 0 aliphatic heterocycles. The van der Waals surface area contributed by atoms with Crippen LogP contribution >= 0.6 is 35.0 Å². The van der Waals surface area contributed by atoms with E-state index in [1.165, 1.54) is 36.4 Å². The molecule has 12 heteroatoms. The van der Waals surface area contributed by atoms with Crippen LogP contribution in [0.25, 0.3) is 16.9 Å². The lowest BCUT2D eigenvalue weighted by Crippen LogP contribution is -2.10. The molecular formula is C19H9Cl2F6N3S. The molecule has 2 aromatic carbocycles. The standard InChI is InChI=1S/C19H9Cl2F6N3S/c20-12-3-4-13(21)15(6-12)30-14(7-17(29-30)19(25,26)27)10-1-2-11(8-28)16(5-10)31-9-18(22,23)24/h1-7H,9H2. The Bertz CT molecular complexity index is 1160. The van der Waals surface area contributed by atoms with Crippen molar-refractivity contribution in [3.05, 3.63) is 63.8 Å². The number of benzene rings is 2. The van der Waals surface area contributed by atoms with Gasteiger partial charge in [-0.2, -0.15) is 36.7 Å². The van der Waals surface area contributed by atoms with Crippen molar-refractivity contribution in [2.24, 2.45) is 0 Å². The van der Waals surface area contributed by atoms with Crippen LogP contribution in [0.3, 0.4) is 0 Å². The second kappa shape index (κ2) is 8.65. The molecule has 0 amide bonds. The van der Waals surface area contributed by atoms with Gasteiger partial charge in [0.15, 0.2) is 5.69 Å². The Morgan fingerprint density at radius 3 is 2.32 bits per heavy atom. The molecule has 3 aromatic rings. The third-order valence-corrected chi connectivity index (χ3v) is 5.60. The van der Waals surface area contributed by atoms with Crippen LogP contribution in [0.15, 0.2) is 47.4 Å². The Labute approximate surface area is 186 Å². The van der Waals surface area contributed by atoms with Gasteiger partial charge in [0.25, 0.3) is 0 Å². The zero-order valence-corrected chi connectivity index (χ0v) is 17.4. The van der Waals surface area contributed by atoms with E-state index >= 15 is 0 Å². The lowest BCUT2D eigenvalue weighted by molar-refractivity contribution is -0.141. The summed E-state index contributed by atoms with van der Waals surface area (Å²) in [5.74, 6) is -1.27. The molecule has 1 aromatic heterocycles. The average molecular weight is 496 g/mol. The maximum Gasteiger partial charge on any atom is 0.435 e. The van der Waals surface area contributed by atoms with Gasteiger partial charge in [0.2, 0.25) is 0 Å². The van der Waals surface area contributed by atoms with Crippen LogP contribution in [0.5, 0.6) is 0 Å². The van der Waals surface area contributed by atoms with Gasteiger partial charge in [-0.15, -0.1) is 11.8 Å². The minimum Gasteiger partial charge on any atom is -0.231 e. The molecule has 0 fully saturated rings. The van der Waals surface area contributed by atoms with Crippen LogP contribution in [-0.2, 0) is 6.18 Å². The molecule has 1 heterocycles. The van der Waals surface area contributed by atoms with Crippen molar-refractivity contribution in [3.63, 3.8) is 0 Å². The Morgan fingerprint density at radius 2 is 1.71 bits per heavy atom. The molecule has 0 bridgehead atoms. The molecule has 3 rings (SSSR count). The highest BCUT2D eigenvalue weighted by Crippen LogP contribution is 2.37. The van der Waals surface area contributed by atoms with Gasteiger partial charge in [0.05, 0.1) is 27.7 Å². The molecule has 0 spiro atoms. The van der Waals surface area contributed by atoms with Gasteiger partial charge in [-0.05, 0) is 36.4 Å². The maximum atomic E-state index is 13.3. The quantitative estimate of drug-likeness (QED) is 0.280. The third kappa shape index (κ3) is 5.47. The zero-order chi connectivity index (χ0) is 23.0. The molecule has 31 heavy (non-hydrogen) atoms. The summed E-state index contributed by atoms with van der Waals surface area (Å²) >= 11 is 12.4. The highest BCUT2D eigenvalue weighted by Gasteiger charge is 2.35. The highest BCUT2D eigenvalue weighted by molar-refractivity contribution is 7.99. The van der Waals surface area contributed by atoms with E-state index in [9.17, 15) is 31.6 Å². The van der Waals surface area contributed by atoms with Crippen LogP contribution in [0, 0.1) is 11.3 Å². The van der Waals surface area contributed by atoms with Crippen LogP contribution in [0.1, 0.15) is 11.3 Å². The van der Waals surface area contributed by atoms with E-state index in [2.05, 4.69) is 5.10 Å². The van der Waals surface area contributed by atoms with Crippen molar-refractivity contribution in [2.45, 2.75) is 17.2 Å². The SMILES string of the molecule is N#Cc1ccc(-c2cc(C(F)(F)F)nn2-c2cc(Cl)ccc2Cl)cc1SCC(F)(F)F. The van der Waals surface area contributed by atoms with Crippen LogP contribution < -0.4 is 0 Å². The molecule has 0 saturated carbocycles. The van der Waals surface area contributed by atoms with Crippen molar-refractivity contribution in [2.75, 3.05) is 5.75 Å². The Morgan fingerprint density at radius 1 is 1.00 bits per heavy atom. The molecule has 0 saturated heterocycles. The molecule has 0 radical (unpaired) electrons. The van der Waals surface area contributed by atoms with E-state index in [1.807, 2.05) is 0 Å². The zero-order valence-electron chi connectivity index (χ0n) is 15.0. The third-order valence-electron chi connectivity index (χ3n) is 3.93. The maximum absolute atomic E-state index is 13.3. The summed E-state index contributed by atoms with van der Waals surface area (Å²) in [4.78, 5) is -0.0316. The van der Waals surface area contributed by atoms with Gasteiger partial charge in [0.1, 0.15) is 6.07 Å². The number of hydrogen-bond acceptors (Lipinski definition) is 3. The first kappa shape index (κ1) is 23.3. The van der Waals surface area contributed by atoms with Crippen molar-refractivity contribution < 1.29 is 26.3 Å². The fourth-order valence-corrected chi connectivity index (χ4v) is 3.77. The summed E-state index contributed by atoms with van der Waals surface area (Å²) in [6.45, 7) is 0. The van der Waals surface area contributed by atoms with E-state index in [0.29, 0.717) is 11.8 Å². The highest BCUT2D eigenvalue weighted by atomic mass is 35.5. The van der Waals surface area contributed by atoms with Gasteiger partial charge in [-0.1, -0.05) is 29.3 Å². The lowest BCUT2D eigenvalue weighted by Gasteiger charge is -2.12. The van der Waals surface area contributed by atoms with Crippen molar-refractivity contribution in [1.29, 1.82) is 5.26 Å². The normalized spacial score (nSPS) is 12.1. The topological polar surface area (TPSA) is 41.6 Å². The van der Waals surface area contributed by atoms with Gasteiger partial charge in [-0.25, -0.2) is 4.68 Å². The summed E-state index contributed by atoms with van der Waals surface area (Å²) in [6, 6.07) is 10.4. The number of halogens is 8. The van der Waals surface area contributed by atoms with E-state index in [4.69, 9.17) is 23.2 Å². The van der Waals surface area contributed by atoms with Gasteiger partial charge >= 0.3 is 12.4 Å². The summed E-state index contributed by atoms with van der Waals surface area (Å²) < 4.78 is 78.8. The van der Waals surface area contributed by atoms with Crippen LogP contribution in [-0.4, -0.2) is 21.7 Å². The molecular weight excluding hydrogens is 487 g/mol. The van der Waals surface area contributed by atoms with Crippen LogP contribution in [0.2, 0.25) is 10.0 Å². The summed E-state index contributed by atoms with van der Waals surface area (Å²) in [6.07, 6.45) is -9.28. The number of aromatic nitrogens is 2. The summed E-state index contributed by atoms with van der Waals surface area (Å²) in [5, 5.41) is 13.0.